The second kappa shape index (κ2) is 13.7. The average molecular weight is 378 g/mol. The Bertz CT molecular complexity index is 529. The molecule has 1 aromatic rings. The highest BCUT2D eigenvalue weighted by atomic mass is 16.6. The number of hydrogen-bond donors (Lipinski definition) is 0. The Kier molecular flexibility index (Phi) is 12.0. The summed E-state index contributed by atoms with van der Waals surface area (Å²) in [6.07, 6.45) is 16.4. The van der Waals surface area contributed by atoms with Crippen molar-refractivity contribution in [1.29, 1.82) is 0 Å². The van der Waals surface area contributed by atoms with E-state index in [0.29, 0.717) is 0 Å². The molecule has 0 heterocycles. The van der Waals surface area contributed by atoms with Crippen LogP contribution in [0.25, 0.3) is 0 Å². The van der Waals surface area contributed by atoms with Crippen LogP contribution >= 0.6 is 0 Å². The summed E-state index contributed by atoms with van der Waals surface area (Å²) in [5.74, 6) is 0. The highest BCUT2D eigenvalue weighted by Crippen LogP contribution is 2.18. The predicted molar refractivity (Wildman–Crippen MR) is 115 cm³/mol. The summed E-state index contributed by atoms with van der Waals surface area (Å²) < 4.78 is 0.888. The van der Waals surface area contributed by atoms with E-state index in [1.54, 1.807) is 18.2 Å². The molecule has 0 bridgehead atoms. The molecule has 4 heteroatoms. The van der Waals surface area contributed by atoms with E-state index in [0.717, 1.165) is 23.1 Å². The number of rotatable bonds is 16. The van der Waals surface area contributed by atoms with Crippen LogP contribution in [0, 0.1) is 10.1 Å². The zero-order valence-electron chi connectivity index (χ0n) is 17.9. The predicted octanol–water partition coefficient (Wildman–Crippen LogP) is 6.87. The van der Waals surface area contributed by atoms with Crippen molar-refractivity contribution in [2.75, 3.05) is 20.6 Å². The number of hydrogen-bond acceptors (Lipinski definition) is 2. The number of unbranched alkanes of at least 4 members (excludes halogenated alkanes) is 11. The molecule has 0 unspecified atom stereocenters. The number of nitrogens with zero attached hydrogens (tertiary/aromatic N) is 2. The van der Waals surface area contributed by atoms with Gasteiger partial charge in [0.15, 0.2) is 0 Å². The lowest BCUT2D eigenvalue weighted by molar-refractivity contribution is -0.903. The first kappa shape index (κ1) is 23.6. The maximum absolute atomic E-state index is 10.9. The van der Waals surface area contributed by atoms with Crippen molar-refractivity contribution in [3.8, 4) is 0 Å². The summed E-state index contributed by atoms with van der Waals surface area (Å²) in [7, 11) is 4.44. The number of quaternary nitrogens is 1. The van der Waals surface area contributed by atoms with Crippen molar-refractivity contribution >= 4 is 5.69 Å². The first-order valence-electron chi connectivity index (χ1n) is 11.0. The van der Waals surface area contributed by atoms with Gasteiger partial charge in [-0.2, -0.15) is 0 Å². The van der Waals surface area contributed by atoms with E-state index in [1.165, 1.54) is 77.0 Å². The lowest BCUT2D eigenvalue weighted by Gasteiger charge is -2.30. The molecule has 0 saturated heterocycles. The Hall–Kier alpha value is -1.42. The van der Waals surface area contributed by atoms with Crippen LogP contribution in [0.1, 0.15) is 89.5 Å². The van der Waals surface area contributed by atoms with E-state index in [-0.39, 0.29) is 10.6 Å². The van der Waals surface area contributed by atoms with Crippen molar-refractivity contribution in [3.63, 3.8) is 0 Å². The SMILES string of the molecule is CCCCCCCCCCCCCC[N+](C)(C)Cc1cccc([N+](=O)[O-])c1. The van der Waals surface area contributed by atoms with E-state index < -0.39 is 0 Å². The van der Waals surface area contributed by atoms with Gasteiger partial charge >= 0.3 is 0 Å². The van der Waals surface area contributed by atoms with Crippen molar-refractivity contribution in [2.45, 2.75) is 90.5 Å². The molecule has 0 aliphatic heterocycles. The Morgan fingerprint density at radius 1 is 0.852 bits per heavy atom. The van der Waals surface area contributed by atoms with Crippen molar-refractivity contribution < 1.29 is 9.41 Å². The van der Waals surface area contributed by atoms with Gasteiger partial charge in [0.2, 0.25) is 0 Å². The number of nitro benzene ring substituents is 1. The van der Waals surface area contributed by atoms with E-state index >= 15 is 0 Å². The fourth-order valence-corrected chi connectivity index (χ4v) is 3.72. The van der Waals surface area contributed by atoms with Crippen molar-refractivity contribution in [1.82, 2.24) is 0 Å². The molecule has 0 atom stereocenters. The summed E-state index contributed by atoms with van der Waals surface area (Å²) in [5, 5.41) is 10.9. The van der Waals surface area contributed by atoms with Crippen molar-refractivity contribution in [2.24, 2.45) is 0 Å². The van der Waals surface area contributed by atoms with Crippen LogP contribution in [0.2, 0.25) is 0 Å². The largest absolute Gasteiger partial charge is 0.325 e. The van der Waals surface area contributed by atoms with Gasteiger partial charge in [0, 0.05) is 17.7 Å². The molecule has 0 radical (unpaired) electrons. The maximum Gasteiger partial charge on any atom is 0.269 e. The van der Waals surface area contributed by atoms with Crippen molar-refractivity contribution in [3.05, 3.63) is 39.9 Å². The molecule has 0 N–H and O–H groups in total. The van der Waals surface area contributed by atoms with Crippen LogP contribution in [0.4, 0.5) is 5.69 Å². The van der Waals surface area contributed by atoms with Gasteiger partial charge in [-0.25, -0.2) is 0 Å². The topological polar surface area (TPSA) is 43.1 Å². The third-order valence-corrected chi connectivity index (χ3v) is 5.35. The Morgan fingerprint density at radius 3 is 1.89 bits per heavy atom. The van der Waals surface area contributed by atoms with Crippen LogP contribution in [0.5, 0.6) is 0 Å². The lowest BCUT2D eigenvalue weighted by atomic mass is 10.1. The molecule has 1 aromatic carbocycles. The summed E-state index contributed by atoms with van der Waals surface area (Å²) in [6.45, 7) is 4.24. The molecule has 4 nitrogen and oxygen atoms in total. The molecule has 0 spiro atoms. The molecule has 154 valence electrons. The zero-order valence-corrected chi connectivity index (χ0v) is 17.9. The van der Waals surface area contributed by atoms with Gasteiger partial charge in [-0.15, -0.1) is 0 Å². The fourth-order valence-electron chi connectivity index (χ4n) is 3.72. The second-order valence-electron chi connectivity index (χ2n) is 8.63. The summed E-state index contributed by atoms with van der Waals surface area (Å²) in [6, 6.07) is 7.06. The van der Waals surface area contributed by atoms with Crippen LogP contribution < -0.4 is 0 Å². The number of nitro groups is 1. The molecule has 0 amide bonds. The third-order valence-electron chi connectivity index (χ3n) is 5.35. The van der Waals surface area contributed by atoms with Gasteiger partial charge in [-0.1, -0.05) is 83.3 Å². The molecule has 0 fully saturated rings. The van der Waals surface area contributed by atoms with E-state index in [1.807, 2.05) is 6.07 Å². The van der Waals surface area contributed by atoms with Gasteiger partial charge < -0.3 is 4.48 Å². The summed E-state index contributed by atoms with van der Waals surface area (Å²) in [4.78, 5) is 10.6. The highest BCUT2D eigenvalue weighted by molar-refractivity contribution is 5.33. The Morgan fingerprint density at radius 2 is 1.37 bits per heavy atom. The van der Waals surface area contributed by atoms with Crippen LogP contribution in [-0.2, 0) is 6.54 Å². The smallest absolute Gasteiger partial charge is 0.269 e. The van der Waals surface area contributed by atoms with Gasteiger partial charge in [-0.3, -0.25) is 10.1 Å². The monoisotopic (exact) mass is 377 g/mol. The zero-order chi connectivity index (χ0) is 20.0. The van der Waals surface area contributed by atoms with E-state index in [4.69, 9.17) is 0 Å². The van der Waals surface area contributed by atoms with Crippen LogP contribution in [-0.4, -0.2) is 30.0 Å². The molecule has 0 aromatic heterocycles. The molecule has 0 aliphatic carbocycles. The van der Waals surface area contributed by atoms with E-state index in [2.05, 4.69) is 21.0 Å². The Labute approximate surface area is 166 Å². The highest BCUT2D eigenvalue weighted by Gasteiger charge is 2.17. The maximum atomic E-state index is 10.9. The second-order valence-corrected chi connectivity index (χ2v) is 8.63. The minimum absolute atomic E-state index is 0.192. The first-order chi connectivity index (χ1) is 12.9. The first-order valence-corrected chi connectivity index (χ1v) is 11.0. The normalized spacial score (nSPS) is 11.7. The molecule has 0 saturated carbocycles. The molecule has 0 aliphatic rings. The summed E-state index contributed by atoms with van der Waals surface area (Å²) >= 11 is 0. The minimum atomic E-state index is -0.311. The molecular weight excluding hydrogens is 336 g/mol. The van der Waals surface area contributed by atoms with Crippen LogP contribution in [0.3, 0.4) is 0 Å². The molecule has 1 rings (SSSR count). The van der Waals surface area contributed by atoms with Gasteiger partial charge in [0.25, 0.3) is 5.69 Å². The third kappa shape index (κ3) is 11.8. The fraction of sp³-hybridized carbons (Fsp3) is 0.739. The lowest BCUT2D eigenvalue weighted by Crippen LogP contribution is -2.39. The van der Waals surface area contributed by atoms with Gasteiger partial charge in [0.1, 0.15) is 6.54 Å². The average Bonchev–Trinajstić information content (AvgIpc) is 2.62. The van der Waals surface area contributed by atoms with Gasteiger partial charge in [-0.05, 0) is 12.8 Å². The Balaban J connectivity index is 2.08. The van der Waals surface area contributed by atoms with E-state index in [9.17, 15) is 10.1 Å². The number of benzene rings is 1. The minimum Gasteiger partial charge on any atom is -0.325 e. The number of non-ortho nitro benzene ring substituents is 1. The van der Waals surface area contributed by atoms with Crippen LogP contribution in [0.15, 0.2) is 24.3 Å². The van der Waals surface area contributed by atoms with Gasteiger partial charge in [0.05, 0.1) is 25.6 Å². The molecule has 27 heavy (non-hydrogen) atoms. The quantitative estimate of drug-likeness (QED) is 0.136. The summed E-state index contributed by atoms with van der Waals surface area (Å²) in [5.41, 5.74) is 1.24. The standard InChI is InChI=1S/C23H41N2O2/c1-4-5-6-7-8-9-10-11-12-13-14-15-19-25(2,3)21-22-17-16-18-23(20-22)24(26)27/h16-18,20H,4-15,19,21H2,1-3H3/q+1. The molecular formula is C23H41N2O2+.